The Hall–Kier alpha value is -1.33. The number of hydrogen-bond donors (Lipinski definition) is 2. The van der Waals surface area contributed by atoms with E-state index in [0.29, 0.717) is 12.2 Å². The zero-order chi connectivity index (χ0) is 15.2. The zero-order valence-corrected chi connectivity index (χ0v) is 13.3. The lowest BCUT2D eigenvalue weighted by molar-refractivity contribution is -0.0681. The number of aromatic amines is 1. The van der Waals surface area contributed by atoms with Gasteiger partial charge in [0.2, 0.25) is 0 Å². The minimum atomic E-state index is 0.0161. The number of carbonyl (C=O) groups is 1. The summed E-state index contributed by atoms with van der Waals surface area (Å²) in [5.74, 6) is 0.0161. The molecular formula is C16H27N3O2. The van der Waals surface area contributed by atoms with Crippen LogP contribution in [0.25, 0.3) is 0 Å². The van der Waals surface area contributed by atoms with Gasteiger partial charge in [-0.05, 0) is 46.2 Å². The molecule has 0 unspecified atom stereocenters. The maximum absolute atomic E-state index is 11.9. The summed E-state index contributed by atoms with van der Waals surface area (Å²) in [6.45, 7) is 10.0. The molecule has 2 N–H and O–H groups in total. The van der Waals surface area contributed by atoms with Gasteiger partial charge in [-0.15, -0.1) is 0 Å². The summed E-state index contributed by atoms with van der Waals surface area (Å²) in [4.78, 5) is 17.4. The van der Waals surface area contributed by atoms with Crippen molar-refractivity contribution in [1.29, 1.82) is 0 Å². The Kier molecular flexibility index (Phi) is 5.82. The molecule has 0 aliphatic carbocycles. The molecule has 0 bridgehead atoms. The number of rotatable bonds is 6. The molecule has 0 saturated carbocycles. The SMILES string of the molecule is Cc1[nH]ccc1C(=O)NCCCCN1C[C@H](C)O[C@@H](C)C1. The van der Waals surface area contributed by atoms with Crippen LogP contribution in [0.2, 0.25) is 0 Å². The lowest BCUT2D eigenvalue weighted by atomic mass is 10.2. The summed E-state index contributed by atoms with van der Waals surface area (Å²) in [5, 5.41) is 2.98. The molecule has 2 rings (SSSR count). The average Bonchev–Trinajstić information content (AvgIpc) is 2.83. The molecule has 5 heteroatoms. The first-order valence-corrected chi connectivity index (χ1v) is 7.86. The fourth-order valence-electron chi connectivity index (χ4n) is 2.92. The van der Waals surface area contributed by atoms with Gasteiger partial charge in [-0.3, -0.25) is 9.69 Å². The zero-order valence-electron chi connectivity index (χ0n) is 13.3. The van der Waals surface area contributed by atoms with Crippen molar-refractivity contribution in [3.05, 3.63) is 23.5 Å². The number of amides is 1. The van der Waals surface area contributed by atoms with E-state index in [9.17, 15) is 4.79 Å². The number of hydrogen-bond acceptors (Lipinski definition) is 3. The molecule has 0 aromatic carbocycles. The standard InChI is InChI=1S/C16H27N3O2/c1-12-10-19(11-13(2)21-12)9-5-4-7-18-16(20)15-6-8-17-14(15)3/h6,8,12-13,17H,4-5,7,9-11H2,1-3H3,(H,18,20)/t12-,13-/m0/s1. The molecule has 0 radical (unpaired) electrons. The van der Waals surface area contributed by atoms with Crippen LogP contribution in [-0.4, -0.2) is 54.2 Å². The molecule has 1 saturated heterocycles. The fraction of sp³-hybridized carbons (Fsp3) is 0.688. The van der Waals surface area contributed by atoms with Crippen LogP contribution >= 0.6 is 0 Å². The molecule has 118 valence electrons. The fourth-order valence-corrected chi connectivity index (χ4v) is 2.92. The maximum atomic E-state index is 11.9. The Labute approximate surface area is 127 Å². The summed E-state index contributed by atoms with van der Waals surface area (Å²) in [7, 11) is 0. The van der Waals surface area contributed by atoms with Crippen molar-refractivity contribution in [2.45, 2.75) is 45.8 Å². The number of carbonyl (C=O) groups excluding carboxylic acids is 1. The largest absolute Gasteiger partial charge is 0.373 e. The normalized spacial score (nSPS) is 23.2. The van der Waals surface area contributed by atoms with Gasteiger partial charge in [0.05, 0.1) is 17.8 Å². The number of H-pyrrole nitrogens is 1. The number of nitrogens with zero attached hydrogens (tertiary/aromatic N) is 1. The van der Waals surface area contributed by atoms with Crippen LogP contribution < -0.4 is 5.32 Å². The van der Waals surface area contributed by atoms with Crippen molar-refractivity contribution in [3.8, 4) is 0 Å². The Balaban J connectivity index is 1.60. The summed E-state index contributed by atoms with van der Waals surface area (Å²) >= 11 is 0. The number of ether oxygens (including phenoxy) is 1. The molecule has 5 nitrogen and oxygen atoms in total. The van der Waals surface area contributed by atoms with Gasteiger partial charge in [0.25, 0.3) is 5.91 Å². The summed E-state index contributed by atoms with van der Waals surface area (Å²) in [6, 6.07) is 1.82. The lowest BCUT2D eigenvalue weighted by Gasteiger charge is -2.35. The van der Waals surface area contributed by atoms with Crippen LogP contribution in [0.3, 0.4) is 0 Å². The van der Waals surface area contributed by atoms with Crippen LogP contribution in [0, 0.1) is 6.92 Å². The topological polar surface area (TPSA) is 57.4 Å². The van der Waals surface area contributed by atoms with E-state index in [2.05, 4.69) is 29.0 Å². The lowest BCUT2D eigenvalue weighted by Crippen LogP contribution is -2.45. The summed E-state index contributed by atoms with van der Waals surface area (Å²) in [5.41, 5.74) is 1.66. The second-order valence-electron chi connectivity index (χ2n) is 6.00. The average molecular weight is 293 g/mol. The molecule has 1 fully saturated rings. The van der Waals surface area contributed by atoms with Gasteiger partial charge < -0.3 is 15.0 Å². The Morgan fingerprint density at radius 1 is 1.38 bits per heavy atom. The molecule has 1 aromatic rings. The predicted octanol–water partition coefficient (Wildman–Crippen LogP) is 1.94. The maximum Gasteiger partial charge on any atom is 0.253 e. The highest BCUT2D eigenvalue weighted by molar-refractivity contribution is 5.95. The summed E-state index contributed by atoms with van der Waals surface area (Å²) < 4.78 is 5.73. The van der Waals surface area contributed by atoms with Gasteiger partial charge in [0.1, 0.15) is 0 Å². The molecule has 0 spiro atoms. The van der Waals surface area contributed by atoms with E-state index in [1.807, 2.05) is 13.0 Å². The van der Waals surface area contributed by atoms with Gasteiger partial charge in [-0.25, -0.2) is 0 Å². The van der Waals surface area contributed by atoms with Crippen molar-refractivity contribution in [2.75, 3.05) is 26.2 Å². The highest BCUT2D eigenvalue weighted by atomic mass is 16.5. The first-order chi connectivity index (χ1) is 10.1. The van der Waals surface area contributed by atoms with Crippen LogP contribution in [-0.2, 0) is 4.74 Å². The molecule has 21 heavy (non-hydrogen) atoms. The van der Waals surface area contributed by atoms with Crippen LogP contribution in [0.1, 0.15) is 42.7 Å². The minimum Gasteiger partial charge on any atom is -0.373 e. The summed E-state index contributed by atoms with van der Waals surface area (Å²) in [6.07, 6.45) is 4.56. The predicted molar refractivity (Wildman–Crippen MR) is 83.5 cm³/mol. The van der Waals surface area contributed by atoms with Crippen LogP contribution in [0.5, 0.6) is 0 Å². The van der Waals surface area contributed by atoms with E-state index in [-0.39, 0.29) is 5.91 Å². The van der Waals surface area contributed by atoms with E-state index < -0.39 is 0 Å². The number of nitrogens with one attached hydrogen (secondary N) is 2. The van der Waals surface area contributed by atoms with Crippen LogP contribution in [0.4, 0.5) is 0 Å². The van der Waals surface area contributed by atoms with Gasteiger partial charge in [0.15, 0.2) is 0 Å². The van der Waals surface area contributed by atoms with Gasteiger partial charge in [-0.2, -0.15) is 0 Å². The third-order valence-corrected chi connectivity index (χ3v) is 3.88. The Morgan fingerprint density at radius 3 is 2.71 bits per heavy atom. The molecule has 1 aliphatic rings. The first-order valence-electron chi connectivity index (χ1n) is 7.86. The first kappa shape index (κ1) is 16.0. The number of aromatic nitrogens is 1. The van der Waals surface area contributed by atoms with Gasteiger partial charge in [0, 0.05) is 31.5 Å². The third-order valence-electron chi connectivity index (χ3n) is 3.88. The second kappa shape index (κ2) is 7.61. The number of morpholine rings is 1. The second-order valence-corrected chi connectivity index (χ2v) is 6.00. The van der Waals surface area contributed by atoms with Crippen LogP contribution in [0.15, 0.2) is 12.3 Å². The third kappa shape index (κ3) is 4.86. The van der Waals surface area contributed by atoms with E-state index >= 15 is 0 Å². The molecular weight excluding hydrogens is 266 g/mol. The Morgan fingerprint density at radius 2 is 2.10 bits per heavy atom. The van der Waals surface area contributed by atoms with Crippen molar-refractivity contribution >= 4 is 5.91 Å². The quantitative estimate of drug-likeness (QED) is 0.788. The van der Waals surface area contributed by atoms with Gasteiger partial charge in [-0.1, -0.05) is 0 Å². The van der Waals surface area contributed by atoms with E-state index in [1.54, 1.807) is 6.20 Å². The smallest absolute Gasteiger partial charge is 0.253 e. The number of unbranched alkanes of at least 4 members (excludes halogenated alkanes) is 1. The Bertz CT molecular complexity index is 448. The van der Waals surface area contributed by atoms with Crippen molar-refractivity contribution < 1.29 is 9.53 Å². The highest BCUT2D eigenvalue weighted by Gasteiger charge is 2.21. The highest BCUT2D eigenvalue weighted by Crippen LogP contribution is 2.11. The van der Waals surface area contributed by atoms with Crippen molar-refractivity contribution in [3.63, 3.8) is 0 Å². The minimum absolute atomic E-state index is 0.0161. The monoisotopic (exact) mass is 293 g/mol. The molecule has 2 atom stereocenters. The van der Waals surface area contributed by atoms with E-state index in [4.69, 9.17) is 4.74 Å². The molecule has 1 aliphatic heterocycles. The molecule has 2 heterocycles. The van der Waals surface area contributed by atoms with Gasteiger partial charge >= 0.3 is 0 Å². The van der Waals surface area contributed by atoms with E-state index in [1.165, 1.54) is 0 Å². The van der Waals surface area contributed by atoms with E-state index in [0.717, 1.165) is 50.3 Å². The molecule has 1 amide bonds. The number of aryl methyl sites for hydroxylation is 1. The molecule has 1 aromatic heterocycles. The van der Waals surface area contributed by atoms with Crippen molar-refractivity contribution in [1.82, 2.24) is 15.2 Å². The van der Waals surface area contributed by atoms with Crippen molar-refractivity contribution in [2.24, 2.45) is 0 Å².